The lowest BCUT2D eigenvalue weighted by molar-refractivity contribution is 0.0690. The normalized spacial score (nSPS) is 12.3. The van der Waals surface area contributed by atoms with Crippen molar-refractivity contribution in [2.24, 2.45) is 10.2 Å². The maximum Gasteiger partial charge on any atom is 0.356 e. The minimum atomic E-state index is -4.79. The molecule has 0 amide bonds. The van der Waals surface area contributed by atoms with Gasteiger partial charge in [-0.15, -0.1) is 10.2 Å². The fraction of sp³-hybridized carbons (Fsp3) is 0. The van der Waals surface area contributed by atoms with E-state index < -0.39 is 64.3 Å². The van der Waals surface area contributed by atoms with Crippen molar-refractivity contribution in [1.82, 2.24) is 9.78 Å². The summed E-state index contributed by atoms with van der Waals surface area (Å²) in [7, 11) is -9.56. The molecule has 16 heteroatoms. The van der Waals surface area contributed by atoms with Gasteiger partial charge in [0.15, 0.2) is 11.4 Å². The zero-order chi connectivity index (χ0) is 23.8. The van der Waals surface area contributed by atoms with Crippen molar-refractivity contribution in [1.29, 1.82) is 0 Å². The van der Waals surface area contributed by atoms with Gasteiger partial charge in [0.1, 0.15) is 15.5 Å². The second kappa shape index (κ2) is 8.00. The maximum atomic E-state index is 12.8. The fourth-order valence-electron chi connectivity index (χ4n) is 2.63. The van der Waals surface area contributed by atoms with Crippen molar-refractivity contribution < 1.29 is 35.8 Å². The van der Waals surface area contributed by atoms with Crippen molar-refractivity contribution >= 4 is 43.3 Å². The molecule has 0 aliphatic rings. The highest BCUT2D eigenvalue weighted by Crippen LogP contribution is 2.29. The average molecular weight is 483 g/mol. The minimum absolute atomic E-state index is 0.0263. The number of aromatic nitrogens is 2. The number of carboxylic acid groups (broad SMARTS) is 1. The number of para-hydroxylation sites is 1. The third kappa shape index (κ3) is 4.42. The van der Waals surface area contributed by atoms with Gasteiger partial charge in [-0.25, -0.2) is 9.48 Å². The van der Waals surface area contributed by atoms with Gasteiger partial charge in [0.05, 0.1) is 5.69 Å². The van der Waals surface area contributed by atoms with Crippen LogP contribution in [0.3, 0.4) is 0 Å². The van der Waals surface area contributed by atoms with Gasteiger partial charge in [0.2, 0.25) is 0 Å². The number of carbonyl (C=O) groups is 1. The van der Waals surface area contributed by atoms with Crippen LogP contribution in [0.4, 0.5) is 17.1 Å². The largest absolute Gasteiger partial charge is 0.476 e. The number of anilines is 1. The van der Waals surface area contributed by atoms with Gasteiger partial charge in [-0.2, -0.15) is 16.8 Å². The molecule has 0 aliphatic carbocycles. The van der Waals surface area contributed by atoms with Gasteiger partial charge in [0.25, 0.3) is 25.8 Å². The molecule has 0 aliphatic heterocycles. The molecule has 0 unspecified atom stereocenters. The Balaban J connectivity index is 2.25. The van der Waals surface area contributed by atoms with Crippen molar-refractivity contribution in [2.45, 2.75) is 9.79 Å². The molecular weight excluding hydrogens is 470 g/mol. The van der Waals surface area contributed by atoms with Gasteiger partial charge in [-0.05, 0) is 30.3 Å². The highest BCUT2D eigenvalue weighted by atomic mass is 32.2. The van der Waals surface area contributed by atoms with Gasteiger partial charge in [0, 0.05) is 5.69 Å². The lowest BCUT2D eigenvalue weighted by atomic mass is 10.3. The summed E-state index contributed by atoms with van der Waals surface area (Å²) in [4.78, 5) is 23.0. The lowest BCUT2D eigenvalue weighted by Crippen LogP contribution is -2.17. The van der Waals surface area contributed by atoms with E-state index in [4.69, 9.17) is 5.73 Å². The van der Waals surface area contributed by atoms with Crippen molar-refractivity contribution in [2.75, 3.05) is 5.73 Å². The zero-order valence-electron chi connectivity index (χ0n) is 15.6. The van der Waals surface area contributed by atoms with Crippen molar-refractivity contribution in [3.05, 3.63) is 58.5 Å². The molecule has 3 aromatic rings. The second-order valence-corrected chi connectivity index (χ2v) is 8.91. The van der Waals surface area contributed by atoms with E-state index in [1.807, 2.05) is 0 Å². The standard InChI is InChI=1S/C16H13N5O9S2/c17-8-5-6-11(31(25,26)27)9(7-8)18-19-13-14(16(23)24)20-21(15(13)22)10-3-1-2-4-12(10)32(28,29)30/h1-7,20H,17H2,(H,23,24)(H,25,26,27)(H,28,29,30). The van der Waals surface area contributed by atoms with E-state index in [0.29, 0.717) is 4.68 Å². The first-order valence-corrected chi connectivity index (χ1v) is 11.1. The summed E-state index contributed by atoms with van der Waals surface area (Å²) in [6.45, 7) is 0. The molecule has 0 fully saturated rings. The first-order valence-electron chi connectivity index (χ1n) is 8.24. The molecule has 0 atom stereocenters. The number of nitrogen functional groups attached to an aromatic ring is 1. The van der Waals surface area contributed by atoms with Crippen LogP contribution in [0.25, 0.3) is 5.69 Å². The van der Waals surface area contributed by atoms with Crippen LogP contribution in [0, 0.1) is 0 Å². The Morgan fingerprint density at radius 2 is 1.59 bits per heavy atom. The van der Waals surface area contributed by atoms with Gasteiger partial charge in [-0.3, -0.25) is 19.0 Å². The SMILES string of the molecule is Nc1ccc(S(=O)(=O)O)c(N=Nc2c(C(=O)O)[nH]n(-c3ccccc3S(=O)(=O)O)c2=O)c1. The smallest absolute Gasteiger partial charge is 0.356 e. The number of carboxylic acids is 1. The molecule has 168 valence electrons. The van der Waals surface area contributed by atoms with E-state index in [1.54, 1.807) is 0 Å². The molecule has 0 spiro atoms. The predicted octanol–water partition coefficient (Wildman–Crippen LogP) is 1.35. The number of nitrogens with two attached hydrogens (primary N) is 1. The molecule has 2 aromatic carbocycles. The summed E-state index contributed by atoms with van der Waals surface area (Å²) in [5.74, 6) is -1.68. The molecule has 6 N–H and O–H groups in total. The Hall–Kier alpha value is -3.86. The van der Waals surface area contributed by atoms with Gasteiger partial charge < -0.3 is 10.8 Å². The number of hydrogen-bond donors (Lipinski definition) is 5. The Morgan fingerprint density at radius 3 is 2.19 bits per heavy atom. The van der Waals surface area contributed by atoms with E-state index >= 15 is 0 Å². The first kappa shape index (κ1) is 22.8. The van der Waals surface area contributed by atoms with Crippen LogP contribution >= 0.6 is 0 Å². The Bertz CT molecular complexity index is 1540. The summed E-state index contributed by atoms with van der Waals surface area (Å²) in [5, 5.41) is 18.6. The Kier molecular flexibility index (Phi) is 5.71. The van der Waals surface area contributed by atoms with Crippen LogP contribution in [-0.4, -0.2) is 46.8 Å². The quantitative estimate of drug-likeness (QED) is 0.192. The van der Waals surface area contributed by atoms with Crippen LogP contribution in [-0.2, 0) is 20.2 Å². The van der Waals surface area contributed by atoms with Gasteiger partial charge in [-0.1, -0.05) is 12.1 Å². The number of H-pyrrole nitrogens is 1. The van der Waals surface area contributed by atoms with E-state index in [0.717, 1.165) is 30.3 Å². The fourth-order valence-corrected chi connectivity index (χ4v) is 3.91. The third-order valence-corrected chi connectivity index (χ3v) is 5.78. The van der Waals surface area contributed by atoms with Crippen LogP contribution in [0.15, 0.2) is 67.3 Å². The number of benzene rings is 2. The van der Waals surface area contributed by atoms with E-state index in [-0.39, 0.29) is 5.69 Å². The lowest BCUT2D eigenvalue weighted by Gasteiger charge is -2.06. The predicted molar refractivity (Wildman–Crippen MR) is 108 cm³/mol. The van der Waals surface area contributed by atoms with Crippen LogP contribution in [0.1, 0.15) is 10.5 Å². The first-order chi connectivity index (χ1) is 14.8. The van der Waals surface area contributed by atoms with E-state index in [2.05, 4.69) is 15.3 Å². The molecule has 0 bridgehead atoms. The molecule has 0 saturated carbocycles. The molecule has 0 saturated heterocycles. The number of aromatic amines is 1. The maximum absolute atomic E-state index is 12.8. The average Bonchev–Trinajstić information content (AvgIpc) is 3.01. The summed E-state index contributed by atoms with van der Waals surface area (Å²) in [5.41, 5.74) is 1.86. The molecule has 0 radical (unpaired) electrons. The Labute approximate surface area is 179 Å². The monoisotopic (exact) mass is 483 g/mol. The number of nitrogens with zero attached hydrogens (tertiary/aromatic N) is 3. The zero-order valence-corrected chi connectivity index (χ0v) is 17.2. The van der Waals surface area contributed by atoms with Crippen LogP contribution in [0.5, 0.6) is 0 Å². The van der Waals surface area contributed by atoms with Gasteiger partial charge >= 0.3 is 5.97 Å². The summed E-state index contributed by atoms with van der Waals surface area (Å²) >= 11 is 0. The van der Waals surface area contributed by atoms with E-state index in [1.165, 1.54) is 12.1 Å². The molecule has 3 rings (SSSR count). The number of aromatic carboxylic acids is 1. The van der Waals surface area contributed by atoms with Crippen molar-refractivity contribution in [3.8, 4) is 5.69 Å². The topological polar surface area (TPSA) is 235 Å². The van der Waals surface area contributed by atoms with Crippen molar-refractivity contribution in [3.63, 3.8) is 0 Å². The number of azo groups is 1. The van der Waals surface area contributed by atoms with Crippen LogP contribution in [0.2, 0.25) is 0 Å². The number of hydrogen-bond acceptors (Lipinski definition) is 9. The molecule has 14 nitrogen and oxygen atoms in total. The second-order valence-electron chi connectivity index (χ2n) is 6.13. The highest BCUT2D eigenvalue weighted by Gasteiger charge is 2.25. The third-order valence-electron chi connectivity index (χ3n) is 3.98. The summed E-state index contributed by atoms with van der Waals surface area (Å²) < 4.78 is 65.4. The number of nitrogens with one attached hydrogen (secondary N) is 1. The summed E-state index contributed by atoms with van der Waals surface area (Å²) in [6.07, 6.45) is 0. The Morgan fingerprint density at radius 1 is 0.969 bits per heavy atom. The molecule has 32 heavy (non-hydrogen) atoms. The minimum Gasteiger partial charge on any atom is -0.476 e. The summed E-state index contributed by atoms with van der Waals surface area (Å²) in [6, 6.07) is 7.76. The highest BCUT2D eigenvalue weighted by molar-refractivity contribution is 7.86. The molecular formula is C16H13N5O9S2. The van der Waals surface area contributed by atoms with Crippen LogP contribution < -0.4 is 11.3 Å². The molecule has 1 aromatic heterocycles. The number of rotatable bonds is 6. The van der Waals surface area contributed by atoms with E-state index in [9.17, 15) is 40.6 Å². The molecule has 1 heterocycles.